The molecular weight excluding hydrogens is 278 g/mol. The third-order valence-corrected chi connectivity index (χ3v) is 6.27. The van der Waals surface area contributed by atoms with Crippen LogP contribution in [0.4, 0.5) is 0 Å². The topological polar surface area (TPSA) is 89.4 Å². The lowest BCUT2D eigenvalue weighted by Crippen LogP contribution is -2.44. The Morgan fingerprint density at radius 1 is 1.30 bits per heavy atom. The molecule has 1 aliphatic rings. The van der Waals surface area contributed by atoms with Crippen molar-refractivity contribution in [2.75, 3.05) is 6.54 Å². The van der Waals surface area contributed by atoms with Crippen LogP contribution in [0.25, 0.3) is 0 Å². The fourth-order valence-electron chi connectivity index (χ4n) is 2.97. The number of aryl methyl sites for hydroxylation is 2. The van der Waals surface area contributed by atoms with Crippen LogP contribution in [0.1, 0.15) is 44.1 Å². The molecule has 0 unspecified atom stereocenters. The third-order valence-electron chi connectivity index (χ3n) is 3.99. The minimum absolute atomic E-state index is 0.0264. The van der Waals surface area contributed by atoms with Crippen molar-refractivity contribution in [1.29, 1.82) is 0 Å². The quantitative estimate of drug-likeness (QED) is 0.911. The van der Waals surface area contributed by atoms with Gasteiger partial charge < -0.3 is 10.3 Å². The maximum Gasteiger partial charge on any atom is 0.248 e. The van der Waals surface area contributed by atoms with Crippen LogP contribution in [-0.4, -0.2) is 36.5 Å². The number of rotatable bonds is 4. The second-order valence-electron chi connectivity index (χ2n) is 5.43. The zero-order valence-electron chi connectivity index (χ0n) is 12.3. The van der Waals surface area contributed by atoms with Gasteiger partial charge in [-0.2, -0.15) is 4.31 Å². The molecule has 1 saturated carbocycles. The van der Waals surface area contributed by atoms with Gasteiger partial charge in [0.1, 0.15) is 10.6 Å². The molecule has 0 spiro atoms. The van der Waals surface area contributed by atoms with E-state index in [4.69, 9.17) is 10.3 Å². The van der Waals surface area contributed by atoms with Crippen molar-refractivity contribution in [3.8, 4) is 0 Å². The van der Waals surface area contributed by atoms with Gasteiger partial charge in [0.2, 0.25) is 10.0 Å². The number of sulfonamides is 1. The molecule has 0 amide bonds. The lowest BCUT2D eigenvalue weighted by atomic mass is 9.92. The van der Waals surface area contributed by atoms with Crippen molar-refractivity contribution < 1.29 is 12.9 Å². The number of hydrogen-bond acceptors (Lipinski definition) is 5. The summed E-state index contributed by atoms with van der Waals surface area (Å²) in [5, 5.41) is 3.76. The zero-order chi connectivity index (χ0) is 14.9. The van der Waals surface area contributed by atoms with E-state index in [2.05, 4.69) is 5.16 Å². The Kier molecular flexibility index (Phi) is 4.51. The summed E-state index contributed by atoms with van der Waals surface area (Å²) in [6, 6.07) is 0.227. The molecule has 114 valence electrons. The summed E-state index contributed by atoms with van der Waals surface area (Å²) in [5.74, 6) is 0.355. The molecule has 2 rings (SSSR count). The number of nitrogens with zero attached hydrogens (tertiary/aromatic N) is 2. The largest absolute Gasteiger partial charge is 0.360 e. The maximum absolute atomic E-state index is 12.8. The second-order valence-corrected chi connectivity index (χ2v) is 7.26. The first-order chi connectivity index (χ1) is 9.37. The molecule has 6 nitrogen and oxygen atoms in total. The molecule has 7 heteroatoms. The maximum atomic E-state index is 12.8. The van der Waals surface area contributed by atoms with E-state index >= 15 is 0 Å². The standard InChI is InChI=1S/C13H23N3O3S/c1-4-16(12-7-5-11(14)6-8-12)20(17,18)13-9(2)15-19-10(13)3/h11-12H,4-8,14H2,1-3H3. The monoisotopic (exact) mass is 301 g/mol. The van der Waals surface area contributed by atoms with Crippen LogP contribution >= 0.6 is 0 Å². The molecule has 1 aliphatic carbocycles. The highest BCUT2D eigenvalue weighted by Crippen LogP contribution is 2.29. The average molecular weight is 301 g/mol. The van der Waals surface area contributed by atoms with Gasteiger partial charge in [-0.3, -0.25) is 0 Å². The van der Waals surface area contributed by atoms with Crippen LogP contribution < -0.4 is 5.73 Å². The first kappa shape index (κ1) is 15.5. The van der Waals surface area contributed by atoms with E-state index in [-0.39, 0.29) is 17.0 Å². The summed E-state index contributed by atoms with van der Waals surface area (Å²) >= 11 is 0. The smallest absolute Gasteiger partial charge is 0.248 e. The van der Waals surface area contributed by atoms with Gasteiger partial charge in [0.25, 0.3) is 0 Å². The third kappa shape index (κ3) is 2.75. The molecule has 1 heterocycles. The molecule has 1 aromatic heterocycles. The van der Waals surface area contributed by atoms with Crippen LogP contribution in [0.15, 0.2) is 9.42 Å². The van der Waals surface area contributed by atoms with Gasteiger partial charge in [0, 0.05) is 18.6 Å². The van der Waals surface area contributed by atoms with E-state index in [9.17, 15) is 8.42 Å². The van der Waals surface area contributed by atoms with Crippen LogP contribution in [0, 0.1) is 13.8 Å². The Morgan fingerprint density at radius 3 is 2.35 bits per heavy atom. The van der Waals surface area contributed by atoms with E-state index in [1.807, 2.05) is 6.92 Å². The Balaban J connectivity index is 2.31. The molecule has 1 aromatic rings. The van der Waals surface area contributed by atoms with Gasteiger partial charge in [-0.15, -0.1) is 0 Å². The molecule has 1 fully saturated rings. The van der Waals surface area contributed by atoms with Gasteiger partial charge in [0.15, 0.2) is 5.76 Å². The average Bonchev–Trinajstić information content (AvgIpc) is 2.72. The van der Waals surface area contributed by atoms with E-state index < -0.39 is 10.0 Å². The van der Waals surface area contributed by atoms with Crippen LogP contribution in [0.3, 0.4) is 0 Å². The molecule has 20 heavy (non-hydrogen) atoms. The summed E-state index contributed by atoms with van der Waals surface area (Å²) in [7, 11) is -3.55. The highest BCUT2D eigenvalue weighted by molar-refractivity contribution is 7.89. The van der Waals surface area contributed by atoms with Gasteiger partial charge in [-0.25, -0.2) is 8.42 Å². The zero-order valence-corrected chi connectivity index (χ0v) is 13.1. The highest BCUT2D eigenvalue weighted by atomic mass is 32.2. The van der Waals surface area contributed by atoms with Crippen LogP contribution in [-0.2, 0) is 10.0 Å². The Bertz CT molecular complexity index is 540. The van der Waals surface area contributed by atoms with Crippen LogP contribution in [0.5, 0.6) is 0 Å². The fraction of sp³-hybridized carbons (Fsp3) is 0.769. The normalized spacial score (nSPS) is 24.2. The lowest BCUT2D eigenvalue weighted by molar-refractivity contribution is 0.247. The Labute approximate surface area is 120 Å². The first-order valence-corrected chi connectivity index (χ1v) is 8.52. The summed E-state index contributed by atoms with van der Waals surface area (Å²) in [6.07, 6.45) is 3.38. The van der Waals surface area contributed by atoms with Gasteiger partial charge in [0.05, 0.1) is 0 Å². The van der Waals surface area contributed by atoms with Crippen molar-refractivity contribution in [2.45, 2.75) is 63.4 Å². The van der Waals surface area contributed by atoms with Crippen molar-refractivity contribution in [2.24, 2.45) is 5.73 Å². The molecule has 0 atom stereocenters. The molecule has 0 saturated heterocycles. The van der Waals surface area contributed by atoms with Gasteiger partial charge in [-0.1, -0.05) is 12.1 Å². The van der Waals surface area contributed by atoms with Crippen LogP contribution in [0.2, 0.25) is 0 Å². The summed E-state index contributed by atoms with van der Waals surface area (Å²) in [6.45, 7) is 5.61. The van der Waals surface area contributed by atoms with E-state index in [0.717, 1.165) is 25.7 Å². The number of hydrogen-bond donors (Lipinski definition) is 1. The van der Waals surface area contributed by atoms with Gasteiger partial charge in [-0.05, 0) is 39.5 Å². The Hall–Kier alpha value is -0.920. The van der Waals surface area contributed by atoms with E-state index in [1.165, 1.54) is 0 Å². The molecule has 0 radical (unpaired) electrons. The molecule has 0 bridgehead atoms. The van der Waals surface area contributed by atoms with Gasteiger partial charge >= 0.3 is 0 Å². The SMILES string of the molecule is CCN(C1CCC(N)CC1)S(=O)(=O)c1c(C)noc1C. The minimum Gasteiger partial charge on any atom is -0.360 e. The Morgan fingerprint density at radius 2 is 1.90 bits per heavy atom. The number of aromatic nitrogens is 1. The highest BCUT2D eigenvalue weighted by Gasteiger charge is 2.36. The molecule has 2 N–H and O–H groups in total. The summed E-state index contributed by atoms with van der Waals surface area (Å²) in [4.78, 5) is 0.217. The molecule has 0 aromatic carbocycles. The molecular formula is C13H23N3O3S. The van der Waals surface area contributed by atoms with E-state index in [1.54, 1.807) is 18.2 Å². The number of nitrogens with two attached hydrogens (primary N) is 1. The summed E-state index contributed by atoms with van der Waals surface area (Å²) < 4.78 is 32.3. The van der Waals surface area contributed by atoms with Crippen molar-refractivity contribution in [3.63, 3.8) is 0 Å². The van der Waals surface area contributed by atoms with Crippen molar-refractivity contribution in [3.05, 3.63) is 11.5 Å². The first-order valence-electron chi connectivity index (χ1n) is 7.08. The predicted molar refractivity (Wildman–Crippen MR) is 75.8 cm³/mol. The van der Waals surface area contributed by atoms with Crippen molar-refractivity contribution in [1.82, 2.24) is 9.46 Å². The molecule has 0 aliphatic heterocycles. The minimum atomic E-state index is -3.55. The summed E-state index contributed by atoms with van der Waals surface area (Å²) in [5.41, 5.74) is 6.32. The lowest BCUT2D eigenvalue weighted by Gasteiger charge is -2.34. The fourth-order valence-corrected chi connectivity index (χ4v) is 4.96. The second kappa shape index (κ2) is 5.83. The van der Waals surface area contributed by atoms with E-state index in [0.29, 0.717) is 18.0 Å². The predicted octanol–water partition coefficient (Wildman–Crippen LogP) is 1.57. The van der Waals surface area contributed by atoms with Crippen molar-refractivity contribution >= 4 is 10.0 Å².